The quantitative estimate of drug-likeness (QED) is 0.902. The van der Waals surface area contributed by atoms with E-state index in [1.54, 1.807) is 0 Å². The van der Waals surface area contributed by atoms with Gasteiger partial charge in [-0.25, -0.2) is 4.98 Å². The molecule has 1 aromatic rings. The number of nitrogens with two attached hydrogens (primary N) is 1. The first-order valence-corrected chi connectivity index (χ1v) is 7.56. The van der Waals surface area contributed by atoms with Crippen molar-refractivity contribution < 1.29 is 13.2 Å². The highest BCUT2D eigenvalue weighted by Gasteiger charge is 2.36. The fourth-order valence-electron chi connectivity index (χ4n) is 3.76. The second-order valence-corrected chi connectivity index (χ2v) is 6.08. The van der Waals surface area contributed by atoms with Gasteiger partial charge in [0.2, 0.25) is 0 Å². The highest BCUT2D eigenvalue weighted by molar-refractivity contribution is 5.50. The molecule has 0 radical (unpaired) electrons. The molecular formula is C15H20F3N3. The van der Waals surface area contributed by atoms with Gasteiger partial charge in [0.15, 0.2) is 0 Å². The van der Waals surface area contributed by atoms with E-state index in [0.29, 0.717) is 17.8 Å². The van der Waals surface area contributed by atoms with Crippen molar-refractivity contribution in [1.82, 2.24) is 4.98 Å². The third-order valence-electron chi connectivity index (χ3n) is 4.70. The highest BCUT2D eigenvalue weighted by Crippen LogP contribution is 2.39. The van der Waals surface area contributed by atoms with Crippen molar-refractivity contribution in [2.45, 2.75) is 50.7 Å². The SMILES string of the molecule is Nc1cc(C(F)(F)F)cc(N2CCCC2C2CCCC2)n1. The molecule has 1 aliphatic carbocycles. The predicted octanol–water partition coefficient (Wildman–Crippen LogP) is 3.84. The maximum Gasteiger partial charge on any atom is 0.416 e. The molecule has 2 aliphatic rings. The van der Waals surface area contributed by atoms with Gasteiger partial charge in [-0.15, -0.1) is 0 Å². The summed E-state index contributed by atoms with van der Waals surface area (Å²) in [6.45, 7) is 0.773. The topological polar surface area (TPSA) is 42.1 Å². The van der Waals surface area contributed by atoms with Crippen LogP contribution in [0.25, 0.3) is 0 Å². The summed E-state index contributed by atoms with van der Waals surface area (Å²) in [7, 11) is 0. The van der Waals surface area contributed by atoms with E-state index in [-0.39, 0.29) is 5.82 Å². The van der Waals surface area contributed by atoms with Crippen LogP contribution in [0, 0.1) is 5.92 Å². The normalized spacial score (nSPS) is 24.0. The summed E-state index contributed by atoms with van der Waals surface area (Å²) in [6, 6.07) is 2.37. The maximum absolute atomic E-state index is 12.9. The lowest BCUT2D eigenvalue weighted by Crippen LogP contribution is -2.35. The fourth-order valence-corrected chi connectivity index (χ4v) is 3.76. The average Bonchev–Trinajstić information content (AvgIpc) is 3.07. The molecule has 0 amide bonds. The Labute approximate surface area is 122 Å². The molecule has 6 heteroatoms. The molecule has 116 valence electrons. The van der Waals surface area contributed by atoms with Crippen molar-refractivity contribution in [1.29, 1.82) is 0 Å². The Morgan fingerprint density at radius 2 is 1.81 bits per heavy atom. The molecule has 1 saturated heterocycles. The lowest BCUT2D eigenvalue weighted by Gasteiger charge is -2.31. The van der Waals surface area contributed by atoms with Crippen molar-refractivity contribution in [3.05, 3.63) is 17.7 Å². The van der Waals surface area contributed by atoms with E-state index in [9.17, 15) is 13.2 Å². The standard InChI is InChI=1S/C15H20F3N3/c16-15(17,18)11-8-13(19)20-14(9-11)21-7-3-6-12(21)10-4-1-2-5-10/h8-10,12H,1-7H2,(H2,19,20). The Morgan fingerprint density at radius 3 is 2.48 bits per heavy atom. The zero-order valence-electron chi connectivity index (χ0n) is 11.9. The van der Waals surface area contributed by atoms with Crippen LogP contribution in [-0.4, -0.2) is 17.6 Å². The number of rotatable bonds is 2. The number of aromatic nitrogens is 1. The van der Waals surface area contributed by atoms with Crippen LogP contribution >= 0.6 is 0 Å². The third kappa shape index (κ3) is 2.94. The van der Waals surface area contributed by atoms with E-state index < -0.39 is 11.7 Å². The molecule has 1 aromatic heterocycles. The van der Waals surface area contributed by atoms with Gasteiger partial charge in [0.1, 0.15) is 11.6 Å². The zero-order valence-corrected chi connectivity index (χ0v) is 11.9. The minimum absolute atomic E-state index is 0.0584. The molecule has 3 rings (SSSR count). The molecule has 3 nitrogen and oxygen atoms in total. The number of pyridine rings is 1. The monoisotopic (exact) mass is 299 g/mol. The lowest BCUT2D eigenvalue weighted by atomic mass is 9.96. The van der Waals surface area contributed by atoms with Crippen LogP contribution in [0.5, 0.6) is 0 Å². The highest BCUT2D eigenvalue weighted by atomic mass is 19.4. The molecule has 1 unspecified atom stereocenters. The largest absolute Gasteiger partial charge is 0.416 e. The lowest BCUT2D eigenvalue weighted by molar-refractivity contribution is -0.137. The summed E-state index contributed by atoms with van der Waals surface area (Å²) in [6.07, 6.45) is 2.49. The van der Waals surface area contributed by atoms with Crippen LogP contribution in [0.4, 0.5) is 24.8 Å². The molecule has 2 fully saturated rings. The molecule has 0 aromatic carbocycles. The molecule has 1 saturated carbocycles. The molecule has 0 spiro atoms. The summed E-state index contributed by atoms with van der Waals surface area (Å²) in [4.78, 5) is 6.20. The first-order valence-electron chi connectivity index (χ1n) is 7.56. The van der Waals surface area contributed by atoms with Gasteiger partial charge in [0.05, 0.1) is 5.56 Å². The maximum atomic E-state index is 12.9. The van der Waals surface area contributed by atoms with Crippen LogP contribution in [-0.2, 0) is 6.18 Å². The van der Waals surface area contributed by atoms with E-state index in [1.165, 1.54) is 25.7 Å². The molecular weight excluding hydrogens is 279 g/mol. The molecule has 0 bridgehead atoms. The van der Waals surface area contributed by atoms with Gasteiger partial charge in [-0.2, -0.15) is 13.2 Å². The van der Waals surface area contributed by atoms with Gasteiger partial charge in [-0.1, -0.05) is 12.8 Å². The van der Waals surface area contributed by atoms with Crippen molar-refractivity contribution in [3.8, 4) is 0 Å². The van der Waals surface area contributed by atoms with E-state index in [4.69, 9.17) is 5.73 Å². The van der Waals surface area contributed by atoms with E-state index in [0.717, 1.165) is 31.5 Å². The van der Waals surface area contributed by atoms with Gasteiger partial charge >= 0.3 is 6.18 Å². The summed E-state index contributed by atoms with van der Waals surface area (Å²) >= 11 is 0. The fraction of sp³-hybridized carbons (Fsp3) is 0.667. The van der Waals surface area contributed by atoms with E-state index in [1.807, 2.05) is 4.90 Å². The number of hydrogen-bond donors (Lipinski definition) is 1. The van der Waals surface area contributed by atoms with Crippen molar-refractivity contribution in [2.75, 3.05) is 17.2 Å². The molecule has 2 N–H and O–H groups in total. The van der Waals surface area contributed by atoms with Gasteiger partial charge < -0.3 is 10.6 Å². The number of hydrogen-bond acceptors (Lipinski definition) is 3. The Morgan fingerprint density at radius 1 is 1.10 bits per heavy atom. The van der Waals surface area contributed by atoms with Gasteiger partial charge in [-0.3, -0.25) is 0 Å². The summed E-state index contributed by atoms with van der Waals surface area (Å²) in [5, 5.41) is 0. The summed E-state index contributed by atoms with van der Waals surface area (Å²) in [5.41, 5.74) is 4.88. The van der Waals surface area contributed by atoms with E-state index in [2.05, 4.69) is 4.98 Å². The zero-order chi connectivity index (χ0) is 15.0. The number of halogens is 3. The second-order valence-electron chi connectivity index (χ2n) is 6.08. The van der Waals surface area contributed by atoms with Crippen LogP contribution in [0.3, 0.4) is 0 Å². The second kappa shape index (κ2) is 5.39. The number of nitrogens with zero attached hydrogens (tertiary/aromatic N) is 2. The summed E-state index contributed by atoms with van der Waals surface area (Å²) < 4.78 is 38.8. The minimum atomic E-state index is -4.38. The van der Waals surface area contributed by atoms with E-state index >= 15 is 0 Å². The Kier molecular flexibility index (Phi) is 3.71. The van der Waals surface area contributed by atoms with Gasteiger partial charge in [0, 0.05) is 12.6 Å². The van der Waals surface area contributed by atoms with Crippen LogP contribution in [0.2, 0.25) is 0 Å². The van der Waals surface area contributed by atoms with Crippen molar-refractivity contribution in [3.63, 3.8) is 0 Å². The van der Waals surface area contributed by atoms with Crippen LogP contribution in [0.15, 0.2) is 12.1 Å². The smallest absolute Gasteiger partial charge is 0.384 e. The average molecular weight is 299 g/mol. The molecule has 2 heterocycles. The van der Waals surface area contributed by atoms with Crippen molar-refractivity contribution in [2.24, 2.45) is 5.92 Å². The third-order valence-corrected chi connectivity index (χ3v) is 4.70. The molecule has 1 aliphatic heterocycles. The Bertz CT molecular complexity index is 509. The number of nitrogen functional groups attached to an aromatic ring is 1. The van der Waals surface area contributed by atoms with Gasteiger partial charge in [-0.05, 0) is 43.7 Å². The minimum Gasteiger partial charge on any atom is -0.384 e. The first kappa shape index (κ1) is 14.5. The number of alkyl halides is 3. The van der Waals surface area contributed by atoms with Crippen molar-refractivity contribution >= 4 is 11.6 Å². The molecule has 21 heavy (non-hydrogen) atoms. The van der Waals surface area contributed by atoms with Crippen LogP contribution < -0.4 is 10.6 Å². The Balaban J connectivity index is 1.90. The predicted molar refractivity (Wildman–Crippen MR) is 76.0 cm³/mol. The summed E-state index contributed by atoms with van der Waals surface area (Å²) in [5.74, 6) is 0.915. The molecule has 1 atom stereocenters. The van der Waals surface area contributed by atoms with Gasteiger partial charge in [0.25, 0.3) is 0 Å². The Hall–Kier alpha value is -1.46. The first-order chi connectivity index (χ1) is 9.95. The number of anilines is 2. The van der Waals surface area contributed by atoms with Crippen LogP contribution in [0.1, 0.15) is 44.1 Å².